The van der Waals surface area contributed by atoms with Crippen molar-refractivity contribution in [1.29, 1.82) is 0 Å². The van der Waals surface area contributed by atoms with Crippen molar-refractivity contribution in [3.63, 3.8) is 0 Å². The first-order valence-corrected chi connectivity index (χ1v) is 8.47. The van der Waals surface area contributed by atoms with Crippen molar-refractivity contribution < 1.29 is 14.6 Å². The minimum atomic E-state index is -0.677. The van der Waals surface area contributed by atoms with Gasteiger partial charge in [-0.15, -0.1) is 0 Å². The molecule has 2 saturated carbocycles. The molecule has 1 unspecified atom stereocenters. The maximum absolute atomic E-state index is 12.2. The number of urea groups is 1. The topological polar surface area (TPSA) is 70.6 Å². The van der Waals surface area contributed by atoms with Crippen molar-refractivity contribution in [2.24, 2.45) is 5.41 Å². The largest absolute Gasteiger partial charge is 0.388 e. The lowest BCUT2D eigenvalue weighted by molar-refractivity contribution is 0.00593. The minimum Gasteiger partial charge on any atom is -0.388 e. The summed E-state index contributed by atoms with van der Waals surface area (Å²) in [6.07, 6.45) is 9.30. The van der Waals surface area contributed by atoms with Crippen molar-refractivity contribution in [2.75, 3.05) is 19.8 Å². The summed E-state index contributed by atoms with van der Waals surface area (Å²) in [7, 11) is 0. The number of nitrogens with one attached hydrogen (secondary N) is 2. The normalized spacial score (nSPS) is 30.4. The summed E-state index contributed by atoms with van der Waals surface area (Å²) >= 11 is 0. The number of carbonyl (C=O) groups is 1. The number of ether oxygens (including phenoxy) is 1. The number of aliphatic hydroxyl groups is 1. The first-order chi connectivity index (χ1) is 10.1. The fourth-order valence-electron chi connectivity index (χ4n) is 4.40. The molecule has 3 aliphatic rings. The van der Waals surface area contributed by atoms with Gasteiger partial charge in [0.25, 0.3) is 0 Å². The number of rotatable bonds is 3. The molecule has 1 spiro atoms. The average molecular weight is 296 g/mol. The van der Waals surface area contributed by atoms with Gasteiger partial charge in [-0.05, 0) is 43.9 Å². The lowest BCUT2D eigenvalue weighted by atomic mass is 9.75. The predicted octanol–water partition coefficient (Wildman–Crippen LogP) is 1.94. The Bertz CT molecular complexity index is 374. The molecule has 5 heteroatoms. The second kappa shape index (κ2) is 6.13. The van der Waals surface area contributed by atoms with Gasteiger partial charge in [0.05, 0.1) is 5.60 Å². The van der Waals surface area contributed by atoms with Crippen molar-refractivity contribution in [2.45, 2.75) is 69.4 Å². The molecule has 2 amide bonds. The third kappa shape index (κ3) is 3.34. The summed E-state index contributed by atoms with van der Waals surface area (Å²) < 4.78 is 5.48. The number of hydrogen-bond donors (Lipinski definition) is 3. The van der Waals surface area contributed by atoms with E-state index in [2.05, 4.69) is 10.6 Å². The molecule has 1 saturated heterocycles. The summed E-state index contributed by atoms with van der Waals surface area (Å²) in [5, 5.41) is 16.3. The van der Waals surface area contributed by atoms with E-state index >= 15 is 0 Å². The highest BCUT2D eigenvalue weighted by Gasteiger charge is 2.44. The van der Waals surface area contributed by atoms with Crippen LogP contribution < -0.4 is 10.6 Å². The second-order valence-electron chi connectivity index (χ2n) is 7.18. The molecule has 1 atom stereocenters. The quantitative estimate of drug-likeness (QED) is 0.745. The molecule has 1 aliphatic heterocycles. The monoisotopic (exact) mass is 296 g/mol. The Kier molecular flexibility index (Phi) is 4.41. The lowest BCUT2D eigenvalue weighted by Crippen LogP contribution is -2.52. The second-order valence-corrected chi connectivity index (χ2v) is 7.18. The lowest BCUT2D eigenvalue weighted by Gasteiger charge is -2.39. The van der Waals surface area contributed by atoms with Crippen molar-refractivity contribution in [1.82, 2.24) is 10.6 Å². The van der Waals surface area contributed by atoms with E-state index in [4.69, 9.17) is 4.74 Å². The van der Waals surface area contributed by atoms with Crippen molar-refractivity contribution >= 4 is 6.03 Å². The Balaban J connectivity index is 1.49. The first-order valence-electron chi connectivity index (χ1n) is 8.47. The molecule has 5 nitrogen and oxygen atoms in total. The zero-order valence-corrected chi connectivity index (χ0v) is 12.8. The summed E-state index contributed by atoms with van der Waals surface area (Å²) in [5.41, 5.74) is -0.427. The van der Waals surface area contributed by atoms with E-state index in [1.807, 2.05) is 0 Å². The van der Waals surface area contributed by atoms with Gasteiger partial charge >= 0.3 is 6.03 Å². The van der Waals surface area contributed by atoms with E-state index in [1.165, 1.54) is 12.8 Å². The fourth-order valence-corrected chi connectivity index (χ4v) is 4.40. The highest BCUT2D eigenvalue weighted by Crippen LogP contribution is 2.45. The maximum Gasteiger partial charge on any atom is 0.315 e. The summed E-state index contributed by atoms with van der Waals surface area (Å²) in [4.78, 5) is 12.2. The summed E-state index contributed by atoms with van der Waals surface area (Å²) in [6.45, 7) is 2.01. The zero-order chi connectivity index (χ0) is 14.8. The van der Waals surface area contributed by atoms with Gasteiger partial charge in [-0.2, -0.15) is 0 Å². The molecule has 0 aromatic rings. The smallest absolute Gasteiger partial charge is 0.315 e. The predicted molar refractivity (Wildman–Crippen MR) is 80.1 cm³/mol. The van der Waals surface area contributed by atoms with Gasteiger partial charge in [-0.3, -0.25) is 0 Å². The van der Waals surface area contributed by atoms with E-state index < -0.39 is 5.60 Å². The van der Waals surface area contributed by atoms with Crippen LogP contribution in [0.4, 0.5) is 4.79 Å². The Hall–Kier alpha value is -0.810. The number of amides is 2. The molecule has 1 heterocycles. The van der Waals surface area contributed by atoms with Gasteiger partial charge in [0.1, 0.15) is 0 Å². The zero-order valence-electron chi connectivity index (χ0n) is 12.8. The molecule has 0 bridgehead atoms. The van der Waals surface area contributed by atoms with Crippen LogP contribution >= 0.6 is 0 Å². The summed E-state index contributed by atoms with van der Waals surface area (Å²) in [6, 6.07) is 0.146. The third-order valence-corrected chi connectivity index (χ3v) is 5.81. The Morgan fingerprint density at radius 2 is 1.81 bits per heavy atom. The molecule has 3 fully saturated rings. The highest BCUT2D eigenvalue weighted by molar-refractivity contribution is 5.74. The molecule has 0 aromatic heterocycles. The Labute approximate surface area is 126 Å². The van der Waals surface area contributed by atoms with Gasteiger partial charge < -0.3 is 20.5 Å². The summed E-state index contributed by atoms with van der Waals surface area (Å²) in [5.74, 6) is 0. The molecule has 21 heavy (non-hydrogen) atoms. The first kappa shape index (κ1) is 15.1. The molecular weight excluding hydrogens is 268 g/mol. The van der Waals surface area contributed by atoms with Gasteiger partial charge in [-0.25, -0.2) is 4.79 Å². The number of carbonyl (C=O) groups excluding carboxylic acids is 1. The standard InChI is InChI=1S/C16H28N2O3/c19-14(17-12-16(20)6-1-2-7-16)18-13-4-3-5-15(13)8-10-21-11-9-15/h13,20H,1-12H2,(H2,17,18,19). The van der Waals surface area contributed by atoms with Crippen molar-refractivity contribution in [3.8, 4) is 0 Å². The van der Waals surface area contributed by atoms with Crippen LogP contribution in [0.3, 0.4) is 0 Å². The van der Waals surface area contributed by atoms with Crippen LogP contribution in [-0.2, 0) is 4.74 Å². The van der Waals surface area contributed by atoms with Crippen LogP contribution in [-0.4, -0.2) is 42.5 Å². The highest BCUT2D eigenvalue weighted by atomic mass is 16.5. The minimum absolute atomic E-state index is 0.118. The molecular formula is C16H28N2O3. The Morgan fingerprint density at radius 1 is 1.10 bits per heavy atom. The van der Waals surface area contributed by atoms with Gasteiger partial charge in [0, 0.05) is 25.8 Å². The Morgan fingerprint density at radius 3 is 2.52 bits per heavy atom. The van der Waals surface area contributed by atoms with E-state index in [1.54, 1.807) is 0 Å². The molecule has 3 N–H and O–H groups in total. The van der Waals surface area contributed by atoms with Crippen LogP contribution in [0.5, 0.6) is 0 Å². The SMILES string of the molecule is O=C(NCC1(O)CCCC1)NC1CCCC12CCOCC2. The van der Waals surface area contributed by atoms with Gasteiger partial charge in [0.15, 0.2) is 0 Å². The molecule has 0 radical (unpaired) electrons. The van der Waals surface area contributed by atoms with Gasteiger partial charge in [0.2, 0.25) is 0 Å². The van der Waals surface area contributed by atoms with E-state index in [-0.39, 0.29) is 17.5 Å². The van der Waals surface area contributed by atoms with Crippen LogP contribution in [0.2, 0.25) is 0 Å². The van der Waals surface area contributed by atoms with E-state index in [0.717, 1.165) is 58.2 Å². The van der Waals surface area contributed by atoms with Crippen molar-refractivity contribution in [3.05, 3.63) is 0 Å². The average Bonchev–Trinajstić information content (AvgIpc) is 3.07. The van der Waals surface area contributed by atoms with Crippen LogP contribution in [0.25, 0.3) is 0 Å². The van der Waals surface area contributed by atoms with Gasteiger partial charge in [-0.1, -0.05) is 19.3 Å². The fraction of sp³-hybridized carbons (Fsp3) is 0.938. The molecule has 3 rings (SSSR count). The van der Waals surface area contributed by atoms with E-state index in [0.29, 0.717) is 6.54 Å². The van der Waals surface area contributed by atoms with E-state index in [9.17, 15) is 9.90 Å². The molecule has 2 aliphatic carbocycles. The maximum atomic E-state index is 12.2. The van der Waals surface area contributed by atoms with Crippen LogP contribution in [0.15, 0.2) is 0 Å². The molecule has 120 valence electrons. The van der Waals surface area contributed by atoms with Crippen LogP contribution in [0, 0.1) is 5.41 Å². The third-order valence-electron chi connectivity index (χ3n) is 5.81. The number of hydrogen-bond acceptors (Lipinski definition) is 3. The van der Waals surface area contributed by atoms with Crippen LogP contribution in [0.1, 0.15) is 57.8 Å². The molecule has 0 aromatic carbocycles.